The summed E-state index contributed by atoms with van der Waals surface area (Å²) in [6.45, 7) is 0. The normalized spacial score (nSPS) is 9.58. The smallest absolute Gasteiger partial charge is 0.412 e. The molecule has 5 heteroatoms. The summed E-state index contributed by atoms with van der Waals surface area (Å²) in [6, 6.07) is 47.6. The molecule has 5 aromatic carbocycles. The number of rotatable bonds is 4. The third-order valence-corrected chi connectivity index (χ3v) is 5.74. The van der Waals surface area contributed by atoms with Crippen molar-refractivity contribution in [1.82, 2.24) is 0 Å². The molecular weight excluding hydrogens is 482 g/mol. The summed E-state index contributed by atoms with van der Waals surface area (Å²) in [5, 5.41) is 2.78. The van der Waals surface area contributed by atoms with Crippen LogP contribution in [0.5, 0.6) is 5.75 Å². The van der Waals surface area contributed by atoms with Gasteiger partial charge in [-0.25, -0.2) is 24.3 Å². The van der Waals surface area contributed by atoms with Crippen molar-refractivity contribution in [3.63, 3.8) is 0 Å². The Morgan fingerprint density at radius 3 is 1.32 bits per heavy atom. The van der Waals surface area contributed by atoms with Crippen LogP contribution in [0.2, 0.25) is 0 Å². The van der Waals surface area contributed by atoms with Crippen molar-refractivity contribution in [2.45, 2.75) is 0 Å². The maximum absolute atomic E-state index is 6.51. The van der Waals surface area contributed by atoms with Gasteiger partial charge in [-0.3, -0.25) is 0 Å². The molecule has 31 heavy (non-hydrogen) atoms. The maximum Gasteiger partial charge on any atom is 2.00 e. The second-order valence-corrected chi connectivity index (χ2v) is 7.71. The fourth-order valence-electron chi connectivity index (χ4n) is 2.48. The molecule has 0 bridgehead atoms. The molecule has 0 aliphatic rings. The minimum absolute atomic E-state index is 0. The van der Waals surface area contributed by atoms with Gasteiger partial charge >= 0.3 is 34.1 Å². The molecule has 1 nitrogen and oxygen atoms in total. The van der Waals surface area contributed by atoms with Crippen molar-refractivity contribution >= 4 is 25.5 Å². The van der Waals surface area contributed by atoms with Gasteiger partial charge in [-0.15, -0.1) is 12.1 Å². The molecule has 0 spiro atoms. The summed E-state index contributed by atoms with van der Waals surface area (Å²) in [6.07, 6.45) is 0. The number of hydrogen-bond donors (Lipinski definition) is 0. The van der Waals surface area contributed by atoms with E-state index in [1.165, 1.54) is 10.6 Å². The molecule has 0 radical (unpaired) electrons. The SMILES string of the molecule is [BH3-][P+](Oc1ccccc1)(c1cc[cH-]c1)c1cc[cH-]c1.[Fe+2].[Fe+2].c1cc[cH-]c1.c1cc[cH-]c1. The molecule has 0 aliphatic carbocycles. The van der Waals surface area contributed by atoms with Gasteiger partial charge in [0, 0.05) is 0 Å². The van der Waals surface area contributed by atoms with Crippen LogP contribution in [0.15, 0.2) is 140 Å². The Balaban J connectivity index is 0.000000331. The van der Waals surface area contributed by atoms with Crippen LogP contribution in [-0.2, 0) is 34.1 Å². The summed E-state index contributed by atoms with van der Waals surface area (Å²) < 4.78 is 6.51. The van der Waals surface area contributed by atoms with Crippen LogP contribution in [0.25, 0.3) is 0 Å². The third kappa shape index (κ3) is 8.54. The summed E-state index contributed by atoms with van der Waals surface area (Å²) in [5.41, 5.74) is 0. The van der Waals surface area contributed by atoms with E-state index < -0.39 is 7.37 Å². The molecule has 0 unspecified atom stereocenters. The van der Waals surface area contributed by atoms with Crippen LogP contribution in [0.1, 0.15) is 0 Å². The van der Waals surface area contributed by atoms with E-state index in [2.05, 4.69) is 60.7 Å². The minimum atomic E-state index is -1.55. The van der Waals surface area contributed by atoms with Crippen LogP contribution >= 0.6 is 7.37 Å². The zero-order valence-corrected chi connectivity index (χ0v) is 19.4. The van der Waals surface area contributed by atoms with E-state index in [-0.39, 0.29) is 41.7 Å². The van der Waals surface area contributed by atoms with Gasteiger partial charge in [0.05, 0.1) is 0 Å². The maximum atomic E-state index is 6.51. The van der Waals surface area contributed by atoms with Crippen LogP contribution < -0.4 is 15.1 Å². The Hall–Kier alpha value is -2.05. The fourth-order valence-corrected chi connectivity index (χ4v) is 4.21. The monoisotopic (exact) mass is 508 g/mol. The molecule has 0 amide bonds. The van der Waals surface area contributed by atoms with Crippen molar-refractivity contribution in [2.24, 2.45) is 0 Å². The molecule has 5 aromatic rings. The Morgan fingerprint density at radius 1 is 0.548 bits per heavy atom. The Labute approximate surface area is 208 Å². The first-order valence-corrected chi connectivity index (χ1v) is 10.5. The van der Waals surface area contributed by atoms with E-state index in [9.17, 15) is 0 Å². The molecule has 5 rings (SSSR count). The largest absolute Gasteiger partial charge is 2.00 e. The van der Waals surface area contributed by atoms with Gasteiger partial charge in [-0.05, 0) is 19.5 Å². The minimum Gasteiger partial charge on any atom is -0.412 e. The molecule has 160 valence electrons. The quantitative estimate of drug-likeness (QED) is 0.185. The predicted molar refractivity (Wildman–Crippen MR) is 131 cm³/mol. The molecule has 0 N–H and O–H groups in total. The van der Waals surface area contributed by atoms with Crippen LogP contribution in [0.3, 0.4) is 0 Å². The molecule has 0 fully saturated rings. The number of para-hydroxylation sites is 1. The summed E-state index contributed by atoms with van der Waals surface area (Å²) in [4.78, 5) is 0. The van der Waals surface area contributed by atoms with Gasteiger partial charge < -0.3 is 4.52 Å². The van der Waals surface area contributed by atoms with Crippen LogP contribution in [-0.4, -0.2) is 7.57 Å². The first-order valence-electron chi connectivity index (χ1n) is 9.23. The Kier molecular flexibility index (Phi) is 12.9. The van der Waals surface area contributed by atoms with Gasteiger partial charge in [0.1, 0.15) is 0 Å². The van der Waals surface area contributed by atoms with E-state index in [1.54, 1.807) is 0 Å². The molecule has 0 aromatic heterocycles. The fraction of sp³-hybridized carbons (Fsp3) is 0. The molecule has 0 saturated carbocycles. The van der Waals surface area contributed by atoms with E-state index in [0.29, 0.717) is 0 Å². The summed E-state index contributed by atoms with van der Waals surface area (Å²) >= 11 is 0. The predicted octanol–water partition coefficient (Wildman–Crippen LogP) is 5.17. The van der Waals surface area contributed by atoms with Crippen molar-refractivity contribution in [2.75, 3.05) is 0 Å². The van der Waals surface area contributed by atoms with Crippen molar-refractivity contribution in [3.05, 3.63) is 140 Å². The molecular formula is C26H26BFe2OP. The van der Waals surface area contributed by atoms with Gasteiger partial charge in [0.2, 0.25) is 0 Å². The average Bonchev–Trinajstić information content (AvgIpc) is 3.59. The summed E-state index contributed by atoms with van der Waals surface area (Å²) in [5.74, 6) is 0.994. The van der Waals surface area contributed by atoms with E-state index in [0.717, 1.165) is 5.75 Å². The molecule has 0 heterocycles. The Bertz CT molecular complexity index is 883. The van der Waals surface area contributed by atoms with Gasteiger partial charge in [0.25, 0.3) is 0 Å². The standard InChI is InChI=1S/C16H16BOP.2C5H5.2Fe/c17-19(15-10-4-5-11-15,16-12-6-7-13-16)18-14-8-2-1-3-9-14;2*1-2-4-5-3-1;;/h1-13H,17H3;2*1-5H;;/q-2;2*-1;2*+2. The second-order valence-electron chi connectivity index (χ2n) is 5.91. The average molecular weight is 508 g/mol. The van der Waals surface area contributed by atoms with Crippen LogP contribution in [0.4, 0.5) is 0 Å². The first-order chi connectivity index (χ1) is 14.3. The zero-order valence-electron chi connectivity index (χ0n) is 16.3. The molecule has 0 saturated heterocycles. The topological polar surface area (TPSA) is 9.23 Å². The van der Waals surface area contributed by atoms with Crippen molar-refractivity contribution in [3.8, 4) is 5.75 Å². The zero-order chi connectivity index (χ0) is 20.2. The van der Waals surface area contributed by atoms with E-state index in [4.69, 9.17) is 4.52 Å². The number of hydrogen-bond acceptors (Lipinski definition) is 1. The van der Waals surface area contributed by atoms with Gasteiger partial charge in [-0.1, -0.05) is 28.8 Å². The van der Waals surface area contributed by atoms with E-state index >= 15 is 0 Å². The van der Waals surface area contributed by atoms with Gasteiger partial charge in [0.15, 0.2) is 13.3 Å². The first kappa shape index (κ1) is 27.0. The summed E-state index contributed by atoms with van der Waals surface area (Å²) in [7, 11) is -1.54. The Morgan fingerprint density at radius 2 is 1.00 bits per heavy atom. The number of benzene rings is 1. The molecule has 0 atom stereocenters. The van der Waals surface area contributed by atoms with Crippen molar-refractivity contribution < 1.29 is 38.7 Å². The second kappa shape index (κ2) is 14.9. The molecule has 0 aliphatic heterocycles. The van der Waals surface area contributed by atoms with Crippen molar-refractivity contribution in [1.29, 1.82) is 0 Å². The third-order valence-electron chi connectivity index (χ3n) is 3.81. The van der Waals surface area contributed by atoms with E-state index in [1.807, 2.05) is 78.9 Å². The van der Waals surface area contributed by atoms with Crippen LogP contribution in [0, 0.1) is 0 Å². The van der Waals surface area contributed by atoms with Gasteiger partial charge in [-0.2, -0.15) is 72.8 Å².